The van der Waals surface area contributed by atoms with Crippen LogP contribution >= 0.6 is 0 Å². The molecule has 3 heterocycles. The first-order chi connectivity index (χ1) is 15.5. The number of nitrogens with one attached hydrogen (secondary N) is 2. The molecule has 3 aromatic rings. The molecule has 1 atom stereocenters. The summed E-state index contributed by atoms with van der Waals surface area (Å²) in [7, 11) is 1.61. The highest BCUT2D eigenvalue weighted by Gasteiger charge is 2.31. The number of hydrogen-bond acceptors (Lipinski definition) is 6. The number of aromatic amines is 1. The minimum Gasteiger partial charge on any atom is -0.497 e. The number of benzene rings is 1. The summed E-state index contributed by atoms with van der Waals surface area (Å²) >= 11 is 0. The molecule has 4 rings (SSSR count). The molecule has 0 spiro atoms. The number of rotatable bonds is 6. The summed E-state index contributed by atoms with van der Waals surface area (Å²) in [5, 5.41) is 9.63. The van der Waals surface area contributed by atoms with Crippen LogP contribution in [-0.2, 0) is 6.54 Å². The topological polar surface area (TPSA) is 113 Å². The van der Waals surface area contributed by atoms with Crippen LogP contribution in [-0.4, -0.2) is 57.1 Å². The first-order valence-electron chi connectivity index (χ1n) is 10.5. The van der Waals surface area contributed by atoms with Gasteiger partial charge in [0, 0.05) is 37.4 Å². The lowest BCUT2D eigenvalue weighted by Gasteiger charge is -2.16. The zero-order chi connectivity index (χ0) is 22.7. The van der Waals surface area contributed by atoms with Crippen molar-refractivity contribution >= 4 is 11.8 Å². The maximum Gasteiger partial charge on any atom is 0.257 e. The van der Waals surface area contributed by atoms with E-state index in [1.807, 2.05) is 31.2 Å². The Morgan fingerprint density at radius 1 is 1.25 bits per heavy atom. The van der Waals surface area contributed by atoms with E-state index in [1.165, 1.54) is 0 Å². The van der Waals surface area contributed by atoms with Gasteiger partial charge in [0.15, 0.2) is 0 Å². The SMILES string of the molecule is COc1cccc(CNC(=O)c2cnc([C@@H]3CCN(C(=O)c4cn[nH]c4C)C3)nc2C)c1. The van der Waals surface area contributed by atoms with Crippen molar-refractivity contribution < 1.29 is 14.3 Å². The largest absolute Gasteiger partial charge is 0.497 e. The van der Waals surface area contributed by atoms with Crippen LogP contribution in [0.3, 0.4) is 0 Å². The quantitative estimate of drug-likeness (QED) is 0.616. The van der Waals surface area contributed by atoms with Crippen LogP contribution in [0, 0.1) is 13.8 Å². The van der Waals surface area contributed by atoms with Crippen LogP contribution in [0.1, 0.15) is 55.8 Å². The molecule has 1 aliphatic rings. The van der Waals surface area contributed by atoms with E-state index >= 15 is 0 Å². The summed E-state index contributed by atoms with van der Waals surface area (Å²) in [6.07, 6.45) is 3.91. The van der Waals surface area contributed by atoms with Crippen LogP contribution in [0.5, 0.6) is 5.75 Å². The number of aryl methyl sites for hydroxylation is 2. The molecule has 0 unspecified atom stereocenters. The van der Waals surface area contributed by atoms with Gasteiger partial charge in [0.25, 0.3) is 11.8 Å². The Morgan fingerprint density at radius 3 is 2.81 bits per heavy atom. The predicted molar refractivity (Wildman–Crippen MR) is 118 cm³/mol. The Balaban J connectivity index is 1.39. The molecular weight excluding hydrogens is 408 g/mol. The Labute approximate surface area is 186 Å². The number of carbonyl (C=O) groups excluding carboxylic acids is 2. The number of likely N-dealkylation sites (tertiary alicyclic amines) is 1. The normalized spacial score (nSPS) is 15.6. The number of nitrogens with zero attached hydrogens (tertiary/aromatic N) is 4. The van der Waals surface area contributed by atoms with Gasteiger partial charge in [-0.25, -0.2) is 9.97 Å². The van der Waals surface area contributed by atoms with Gasteiger partial charge >= 0.3 is 0 Å². The Kier molecular flexibility index (Phi) is 6.16. The van der Waals surface area contributed by atoms with Gasteiger partial charge in [-0.2, -0.15) is 5.10 Å². The summed E-state index contributed by atoms with van der Waals surface area (Å²) in [4.78, 5) is 36.2. The van der Waals surface area contributed by atoms with E-state index in [9.17, 15) is 9.59 Å². The van der Waals surface area contributed by atoms with Gasteiger partial charge in [-0.05, 0) is 38.0 Å². The molecule has 1 fully saturated rings. The molecule has 9 nitrogen and oxygen atoms in total. The van der Waals surface area contributed by atoms with Crippen LogP contribution in [0.2, 0.25) is 0 Å². The van der Waals surface area contributed by atoms with E-state index in [0.29, 0.717) is 42.3 Å². The van der Waals surface area contributed by atoms with Crippen molar-refractivity contribution in [2.24, 2.45) is 0 Å². The third-order valence-electron chi connectivity index (χ3n) is 5.73. The van der Waals surface area contributed by atoms with Crippen molar-refractivity contribution in [3.05, 3.63) is 70.6 Å². The number of hydrogen-bond donors (Lipinski definition) is 2. The van der Waals surface area contributed by atoms with Gasteiger partial charge < -0.3 is 15.0 Å². The second-order valence-electron chi connectivity index (χ2n) is 7.91. The van der Waals surface area contributed by atoms with Crippen molar-refractivity contribution in [2.75, 3.05) is 20.2 Å². The van der Waals surface area contributed by atoms with Gasteiger partial charge in [-0.15, -0.1) is 0 Å². The fourth-order valence-corrected chi connectivity index (χ4v) is 3.86. The maximum atomic E-state index is 12.7. The number of amides is 2. The minimum absolute atomic E-state index is 0.0380. The van der Waals surface area contributed by atoms with Gasteiger partial charge in [-0.1, -0.05) is 12.1 Å². The highest BCUT2D eigenvalue weighted by Crippen LogP contribution is 2.26. The average Bonchev–Trinajstić information content (AvgIpc) is 3.46. The van der Waals surface area contributed by atoms with Crippen molar-refractivity contribution in [3.63, 3.8) is 0 Å². The third kappa shape index (κ3) is 4.46. The van der Waals surface area contributed by atoms with Crippen LogP contribution in [0.15, 0.2) is 36.7 Å². The lowest BCUT2D eigenvalue weighted by Crippen LogP contribution is -2.29. The van der Waals surface area contributed by atoms with Gasteiger partial charge in [-0.3, -0.25) is 14.7 Å². The molecule has 1 aromatic carbocycles. The molecule has 2 N–H and O–H groups in total. The van der Waals surface area contributed by atoms with E-state index in [1.54, 1.807) is 31.3 Å². The van der Waals surface area contributed by atoms with Crippen LogP contribution < -0.4 is 10.1 Å². The zero-order valence-corrected chi connectivity index (χ0v) is 18.4. The maximum absolute atomic E-state index is 12.7. The van der Waals surface area contributed by atoms with Crippen molar-refractivity contribution in [1.82, 2.24) is 30.4 Å². The van der Waals surface area contributed by atoms with E-state index in [0.717, 1.165) is 23.4 Å². The first-order valence-corrected chi connectivity index (χ1v) is 10.5. The molecule has 0 radical (unpaired) electrons. The minimum atomic E-state index is -0.226. The van der Waals surface area contributed by atoms with Crippen LogP contribution in [0.4, 0.5) is 0 Å². The van der Waals surface area contributed by atoms with E-state index in [4.69, 9.17) is 4.74 Å². The van der Waals surface area contributed by atoms with Crippen molar-refractivity contribution in [1.29, 1.82) is 0 Å². The summed E-state index contributed by atoms with van der Waals surface area (Å²) in [6, 6.07) is 7.54. The molecule has 0 saturated carbocycles. The third-order valence-corrected chi connectivity index (χ3v) is 5.73. The first kappa shape index (κ1) is 21.5. The number of H-pyrrole nitrogens is 1. The Hall–Kier alpha value is -3.75. The summed E-state index contributed by atoms with van der Waals surface area (Å²) in [6.45, 7) is 5.20. The summed E-state index contributed by atoms with van der Waals surface area (Å²) < 4.78 is 5.21. The summed E-state index contributed by atoms with van der Waals surface area (Å²) in [5.41, 5.74) is 3.35. The fourth-order valence-electron chi connectivity index (χ4n) is 3.86. The second kappa shape index (κ2) is 9.17. The molecule has 1 aliphatic heterocycles. The second-order valence-corrected chi connectivity index (χ2v) is 7.91. The van der Waals surface area contributed by atoms with Crippen LogP contribution in [0.25, 0.3) is 0 Å². The van der Waals surface area contributed by atoms with E-state index in [-0.39, 0.29) is 17.7 Å². The summed E-state index contributed by atoms with van der Waals surface area (Å²) in [5.74, 6) is 1.18. The highest BCUT2D eigenvalue weighted by molar-refractivity contribution is 5.95. The molecule has 0 bridgehead atoms. The van der Waals surface area contributed by atoms with Crippen molar-refractivity contribution in [2.45, 2.75) is 32.7 Å². The molecule has 2 amide bonds. The van der Waals surface area contributed by atoms with Gasteiger partial charge in [0.05, 0.1) is 30.1 Å². The number of methoxy groups -OCH3 is 1. The fraction of sp³-hybridized carbons (Fsp3) is 0.348. The van der Waals surface area contributed by atoms with E-state index < -0.39 is 0 Å². The van der Waals surface area contributed by atoms with Gasteiger partial charge in [0.1, 0.15) is 11.6 Å². The standard InChI is InChI=1S/C23H26N6O3/c1-14-19(22(30)25-10-16-5-4-6-18(9-16)32-3)11-24-21(27-14)17-7-8-29(13-17)23(31)20-12-26-28-15(20)2/h4-6,9,11-12,17H,7-8,10,13H2,1-3H3,(H,25,30)(H,26,28)/t17-/m1/s1. The molecule has 2 aromatic heterocycles. The van der Waals surface area contributed by atoms with Crippen molar-refractivity contribution in [3.8, 4) is 5.75 Å². The molecular formula is C23H26N6O3. The monoisotopic (exact) mass is 434 g/mol. The smallest absolute Gasteiger partial charge is 0.257 e. The Bertz CT molecular complexity index is 1140. The Morgan fingerprint density at radius 2 is 2.09 bits per heavy atom. The number of carbonyl (C=O) groups is 2. The average molecular weight is 435 g/mol. The highest BCUT2D eigenvalue weighted by atomic mass is 16.5. The van der Waals surface area contributed by atoms with E-state index in [2.05, 4.69) is 25.5 Å². The zero-order valence-electron chi connectivity index (χ0n) is 18.4. The number of ether oxygens (including phenoxy) is 1. The lowest BCUT2D eigenvalue weighted by molar-refractivity contribution is 0.0789. The van der Waals surface area contributed by atoms with Gasteiger partial charge in [0.2, 0.25) is 0 Å². The molecule has 166 valence electrons. The molecule has 0 aliphatic carbocycles. The molecule has 32 heavy (non-hydrogen) atoms. The predicted octanol–water partition coefficient (Wildman–Crippen LogP) is 2.38. The molecule has 1 saturated heterocycles. The molecule has 9 heteroatoms. The lowest BCUT2D eigenvalue weighted by atomic mass is 10.1. The number of aromatic nitrogens is 4.